The van der Waals surface area contributed by atoms with Crippen LogP contribution in [0.5, 0.6) is 0 Å². The first-order valence-corrected chi connectivity index (χ1v) is 6.96. The lowest BCUT2D eigenvalue weighted by atomic mass is 10.2. The Morgan fingerprint density at radius 2 is 2.15 bits per heavy atom. The van der Waals surface area contributed by atoms with Crippen molar-refractivity contribution in [3.8, 4) is 0 Å². The van der Waals surface area contributed by atoms with Crippen LogP contribution in [0.1, 0.15) is 30.1 Å². The molecule has 2 aromatic heterocycles. The van der Waals surface area contributed by atoms with Gasteiger partial charge in [-0.3, -0.25) is 4.98 Å². The Balaban J connectivity index is 1.85. The Labute approximate surface area is 117 Å². The fraction of sp³-hybridized carbons (Fsp3) is 0.250. The minimum Gasteiger partial charge on any atom is -0.399 e. The van der Waals surface area contributed by atoms with Crippen molar-refractivity contribution in [3.63, 3.8) is 0 Å². The Kier molecular flexibility index (Phi) is 2.49. The maximum absolute atomic E-state index is 5.87. The average molecular weight is 264 g/mol. The number of rotatable bonds is 3. The van der Waals surface area contributed by atoms with Crippen LogP contribution in [-0.4, -0.2) is 14.5 Å². The summed E-state index contributed by atoms with van der Waals surface area (Å²) in [4.78, 5) is 8.99. The highest BCUT2D eigenvalue weighted by atomic mass is 15.1. The standard InChI is InChI=1S/C16H16N4/c17-13-5-6-15-14(8-13)19-16(12-3-4-12)20(15)10-11-2-1-7-18-9-11/h1-2,5-9,12H,3-4,10,17H2. The Morgan fingerprint density at radius 3 is 2.90 bits per heavy atom. The molecule has 0 atom stereocenters. The van der Waals surface area contributed by atoms with E-state index in [1.54, 1.807) is 6.20 Å². The molecule has 0 aliphatic heterocycles. The van der Waals surface area contributed by atoms with Gasteiger partial charge in [-0.15, -0.1) is 0 Å². The van der Waals surface area contributed by atoms with E-state index in [1.807, 2.05) is 24.4 Å². The molecular formula is C16H16N4. The molecule has 1 aliphatic carbocycles. The van der Waals surface area contributed by atoms with E-state index in [4.69, 9.17) is 10.7 Å². The third kappa shape index (κ3) is 1.93. The number of nitrogen functional groups attached to an aromatic ring is 1. The van der Waals surface area contributed by atoms with E-state index >= 15 is 0 Å². The van der Waals surface area contributed by atoms with Crippen LogP contribution >= 0.6 is 0 Å². The molecule has 0 saturated heterocycles. The fourth-order valence-corrected chi connectivity index (χ4v) is 2.66. The lowest BCUT2D eigenvalue weighted by Gasteiger charge is -2.08. The number of aromatic nitrogens is 3. The quantitative estimate of drug-likeness (QED) is 0.740. The van der Waals surface area contributed by atoms with E-state index in [2.05, 4.69) is 21.7 Å². The van der Waals surface area contributed by atoms with Gasteiger partial charge < -0.3 is 10.3 Å². The molecule has 20 heavy (non-hydrogen) atoms. The number of fused-ring (bicyclic) bond motifs is 1. The first kappa shape index (κ1) is 11.5. The van der Waals surface area contributed by atoms with Crippen LogP contribution in [0.2, 0.25) is 0 Å². The number of imidazole rings is 1. The number of hydrogen-bond donors (Lipinski definition) is 1. The van der Waals surface area contributed by atoms with E-state index in [0.717, 1.165) is 23.3 Å². The van der Waals surface area contributed by atoms with Crippen molar-refractivity contribution < 1.29 is 0 Å². The molecule has 4 rings (SSSR count). The van der Waals surface area contributed by atoms with Gasteiger partial charge in [0.15, 0.2) is 0 Å². The summed E-state index contributed by atoms with van der Waals surface area (Å²) in [7, 11) is 0. The smallest absolute Gasteiger partial charge is 0.113 e. The highest BCUT2D eigenvalue weighted by Crippen LogP contribution is 2.41. The van der Waals surface area contributed by atoms with Gasteiger partial charge in [-0.2, -0.15) is 0 Å². The second-order valence-electron chi connectivity index (χ2n) is 5.44. The highest BCUT2D eigenvalue weighted by molar-refractivity contribution is 5.80. The Bertz CT molecular complexity index is 757. The minimum absolute atomic E-state index is 0.611. The maximum atomic E-state index is 5.87. The summed E-state index contributed by atoms with van der Waals surface area (Å²) >= 11 is 0. The van der Waals surface area contributed by atoms with Crippen molar-refractivity contribution in [1.82, 2.24) is 14.5 Å². The highest BCUT2D eigenvalue weighted by Gasteiger charge is 2.29. The number of pyridine rings is 1. The van der Waals surface area contributed by atoms with Crippen LogP contribution in [0.3, 0.4) is 0 Å². The van der Waals surface area contributed by atoms with Crippen molar-refractivity contribution in [1.29, 1.82) is 0 Å². The predicted molar refractivity (Wildman–Crippen MR) is 79.5 cm³/mol. The molecule has 1 fully saturated rings. The molecule has 0 bridgehead atoms. The molecule has 0 unspecified atom stereocenters. The van der Waals surface area contributed by atoms with Crippen LogP contribution in [0.25, 0.3) is 11.0 Å². The number of nitrogens with two attached hydrogens (primary N) is 1. The number of nitrogens with zero attached hydrogens (tertiary/aromatic N) is 3. The second-order valence-corrected chi connectivity index (χ2v) is 5.44. The summed E-state index contributed by atoms with van der Waals surface area (Å²) in [5.74, 6) is 1.80. The summed E-state index contributed by atoms with van der Waals surface area (Å²) in [6.45, 7) is 0.820. The van der Waals surface area contributed by atoms with Gasteiger partial charge in [0.2, 0.25) is 0 Å². The van der Waals surface area contributed by atoms with Crippen molar-refractivity contribution in [2.24, 2.45) is 0 Å². The van der Waals surface area contributed by atoms with Gasteiger partial charge in [-0.25, -0.2) is 4.98 Å². The molecule has 3 aromatic rings. The second kappa shape index (κ2) is 4.34. The summed E-state index contributed by atoms with van der Waals surface area (Å²) in [6, 6.07) is 10.1. The molecule has 100 valence electrons. The van der Waals surface area contributed by atoms with E-state index in [9.17, 15) is 0 Å². The third-order valence-corrected chi connectivity index (χ3v) is 3.81. The van der Waals surface area contributed by atoms with Gasteiger partial charge in [0.25, 0.3) is 0 Å². The van der Waals surface area contributed by atoms with Gasteiger partial charge >= 0.3 is 0 Å². The molecule has 1 saturated carbocycles. The van der Waals surface area contributed by atoms with E-state index < -0.39 is 0 Å². The monoisotopic (exact) mass is 264 g/mol. The Morgan fingerprint density at radius 1 is 1.25 bits per heavy atom. The zero-order valence-corrected chi connectivity index (χ0v) is 11.2. The van der Waals surface area contributed by atoms with Crippen molar-refractivity contribution in [3.05, 3.63) is 54.1 Å². The van der Waals surface area contributed by atoms with Crippen LogP contribution in [0.15, 0.2) is 42.7 Å². The molecule has 0 amide bonds. The predicted octanol–water partition coefficient (Wildman–Crippen LogP) is 2.94. The normalized spacial score (nSPS) is 14.8. The molecular weight excluding hydrogens is 248 g/mol. The lowest BCUT2D eigenvalue weighted by molar-refractivity contribution is 0.744. The first-order chi connectivity index (χ1) is 9.81. The molecule has 0 spiro atoms. The molecule has 2 heterocycles. The average Bonchev–Trinajstić information content (AvgIpc) is 3.24. The third-order valence-electron chi connectivity index (χ3n) is 3.81. The van der Waals surface area contributed by atoms with Gasteiger partial charge in [0.1, 0.15) is 5.82 Å². The van der Waals surface area contributed by atoms with Crippen LogP contribution in [0.4, 0.5) is 5.69 Å². The molecule has 4 heteroatoms. The van der Waals surface area contributed by atoms with Crippen LogP contribution in [-0.2, 0) is 6.54 Å². The summed E-state index contributed by atoms with van der Waals surface area (Å²) < 4.78 is 2.31. The van der Waals surface area contributed by atoms with E-state index in [1.165, 1.54) is 24.2 Å². The number of hydrogen-bond acceptors (Lipinski definition) is 3. The fourth-order valence-electron chi connectivity index (χ4n) is 2.66. The minimum atomic E-state index is 0.611. The van der Waals surface area contributed by atoms with Gasteiger partial charge in [0.05, 0.1) is 17.6 Å². The lowest BCUT2D eigenvalue weighted by Crippen LogP contribution is -2.04. The molecule has 1 aliphatic rings. The molecule has 2 N–H and O–H groups in total. The zero-order chi connectivity index (χ0) is 13.5. The summed E-state index contributed by atoms with van der Waals surface area (Å²) in [5, 5.41) is 0. The largest absolute Gasteiger partial charge is 0.399 e. The van der Waals surface area contributed by atoms with Crippen molar-refractivity contribution in [2.75, 3.05) is 5.73 Å². The Hall–Kier alpha value is -2.36. The molecule has 4 nitrogen and oxygen atoms in total. The van der Waals surface area contributed by atoms with E-state index in [-0.39, 0.29) is 0 Å². The van der Waals surface area contributed by atoms with Gasteiger partial charge in [-0.1, -0.05) is 6.07 Å². The van der Waals surface area contributed by atoms with Crippen molar-refractivity contribution >= 4 is 16.7 Å². The summed E-state index contributed by atoms with van der Waals surface area (Å²) in [5.41, 5.74) is 9.99. The van der Waals surface area contributed by atoms with Crippen LogP contribution < -0.4 is 5.73 Å². The molecule has 0 radical (unpaired) electrons. The topological polar surface area (TPSA) is 56.7 Å². The SMILES string of the molecule is Nc1ccc2c(c1)nc(C1CC1)n2Cc1cccnc1. The zero-order valence-electron chi connectivity index (χ0n) is 11.2. The van der Waals surface area contributed by atoms with Gasteiger partial charge in [0, 0.05) is 24.0 Å². The maximum Gasteiger partial charge on any atom is 0.113 e. The summed E-state index contributed by atoms with van der Waals surface area (Å²) in [6.07, 6.45) is 6.20. The molecule has 1 aromatic carbocycles. The number of anilines is 1. The van der Waals surface area contributed by atoms with E-state index in [0.29, 0.717) is 5.92 Å². The van der Waals surface area contributed by atoms with Crippen LogP contribution in [0, 0.1) is 0 Å². The van der Waals surface area contributed by atoms with Crippen molar-refractivity contribution in [2.45, 2.75) is 25.3 Å². The first-order valence-electron chi connectivity index (χ1n) is 6.96. The number of benzene rings is 1. The van der Waals surface area contributed by atoms with Gasteiger partial charge in [-0.05, 0) is 42.7 Å².